The van der Waals surface area contributed by atoms with Crippen LogP contribution in [0, 0.1) is 13.8 Å². The molecule has 0 fully saturated rings. The van der Waals surface area contributed by atoms with Gasteiger partial charge in [0, 0.05) is 19.6 Å². The van der Waals surface area contributed by atoms with E-state index in [2.05, 4.69) is 54.2 Å². The van der Waals surface area contributed by atoms with E-state index in [1.807, 2.05) is 0 Å². The van der Waals surface area contributed by atoms with Crippen molar-refractivity contribution >= 4 is 5.96 Å². The Morgan fingerprint density at radius 3 is 2.82 bits per heavy atom. The predicted molar refractivity (Wildman–Crippen MR) is 72.3 cm³/mol. The minimum atomic E-state index is 0.858. The Morgan fingerprint density at radius 1 is 1.29 bits per heavy atom. The fraction of sp³-hybridized carbons (Fsp3) is 0.500. The van der Waals surface area contributed by atoms with E-state index in [0.29, 0.717) is 0 Å². The van der Waals surface area contributed by atoms with Crippen molar-refractivity contribution < 1.29 is 0 Å². The van der Waals surface area contributed by atoms with Crippen LogP contribution >= 0.6 is 0 Å². The van der Waals surface area contributed by atoms with Crippen LogP contribution in [0.4, 0.5) is 0 Å². The van der Waals surface area contributed by atoms with E-state index in [1.54, 1.807) is 0 Å². The zero-order valence-corrected chi connectivity index (χ0v) is 11.0. The van der Waals surface area contributed by atoms with Crippen molar-refractivity contribution in [2.75, 3.05) is 19.6 Å². The summed E-state index contributed by atoms with van der Waals surface area (Å²) in [5.74, 6) is 1.05. The molecule has 1 N–H and O–H groups in total. The van der Waals surface area contributed by atoms with Gasteiger partial charge in [0.1, 0.15) is 0 Å². The molecule has 0 atom stereocenters. The Hall–Kier alpha value is -1.51. The summed E-state index contributed by atoms with van der Waals surface area (Å²) < 4.78 is 0. The van der Waals surface area contributed by atoms with Crippen LogP contribution in [0.3, 0.4) is 0 Å². The number of aryl methyl sites for hydroxylation is 2. The standard InChI is InChI=1S/C14H21N3/c1-4-17-8-7-15-14(17)16-10-13-6-5-11(2)12(3)9-13/h5-6,9H,4,7-8,10H2,1-3H3,(H,15,16). The fourth-order valence-corrected chi connectivity index (χ4v) is 2.05. The second kappa shape index (κ2) is 5.21. The molecule has 0 bridgehead atoms. The van der Waals surface area contributed by atoms with Gasteiger partial charge in [-0.15, -0.1) is 0 Å². The maximum Gasteiger partial charge on any atom is 0.194 e. The molecule has 1 aromatic rings. The smallest absolute Gasteiger partial charge is 0.194 e. The second-order valence-electron chi connectivity index (χ2n) is 4.56. The Balaban J connectivity index is 1.96. The maximum atomic E-state index is 4.47. The topological polar surface area (TPSA) is 27.6 Å². The molecule has 17 heavy (non-hydrogen) atoms. The number of guanidine groups is 1. The van der Waals surface area contributed by atoms with Gasteiger partial charge in [-0.2, -0.15) is 0 Å². The number of nitrogens with zero attached hydrogens (tertiary/aromatic N) is 2. The highest BCUT2D eigenvalue weighted by molar-refractivity contribution is 5.81. The molecule has 3 heteroatoms. The van der Waals surface area contributed by atoms with Gasteiger partial charge in [-0.1, -0.05) is 18.2 Å². The van der Waals surface area contributed by atoms with E-state index < -0.39 is 0 Å². The van der Waals surface area contributed by atoms with Gasteiger partial charge in [-0.05, 0) is 37.5 Å². The van der Waals surface area contributed by atoms with Crippen molar-refractivity contribution in [2.45, 2.75) is 27.3 Å². The molecular weight excluding hydrogens is 210 g/mol. The minimum Gasteiger partial charge on any atom is -0.352 e. The SMILES string of the molecule is CCN1CCN=C1NCc1ccc(C)c(C)c1. The summed E-state index contributed by atoms with van der Waals surface area (Å²) in [4.78, 5) is 6.75. The molecule has 0 spiro atoms. The van der Waals surface area contributed by atoms with Crippen LogP contribution in [-0.4, -0.2) is 30.5 Å². The van der Waals surface area contributed by atoms with Crippen LogP contribution in [0.15, 0.2) is 23.2 Å². The van der Waals surface area contributed by atoms with Crippen molar-refractivity contribution in [1.29, 1.82) is 0 Å². The first-order chi connectivity index (χ1) is 8.20. The summed E-state index contributed by atoms with van der Waals surface area (Å²) >= 11 is 0. The number of aliphatic imine (C=N–C) groups is 1. The van der Waals surface area contributed by atoms with Crippen molar-refractivity contribution in [3.63, 3.8) is 0 Å². The lowest BCUT2D eigenvalue weighted by atomic mass is 10.1. The lowest BCUT2D eigenvalue weighted by Gasteiger charge is -2.19. The molecule has 92 valence electrons. The molecule has 3 nitrogen and oxygen atoms in total. The zero-order valence-electron chi connectivity index (χ0n) is 11.0. The molecule has 1 heterocycles. The van der Waals surface area contributed by atoms with Crippen LogP contribution < -0.4 is 5.32 Å². The molecule has 1 aliphatic heterocycles. The van der Waals surface area contributed by atoms with Gasteiger partial charge in [-0.25, -0.2) is 0 Å². The lowest BCUT2D eigenvalue weighted by molar-refractivity contribution is 0.466. The number of benzene rings is 1. The molecule has 2 rings (SSSR count). The Labute approximate surface area is 104 Å². The van der Waals surface area contributed by atoms with Crippen LogP contribution in [0.25, 0.3) is 0 Å². The Kier molecular flexibility index (Phi) is 3.67. The van der Waals surface area contributed by atoms with E-state index in [-0.39, 0.29) is 0 Å². The number of hydrogen-bond acceptors (Lipinski definition) is 3. The van der Waals surface area contributed by atoms with Gasteiger partial charge in [0.2, 0.25) is 0 Å². The van der Waals surface area contributed by atoms with Gasteiger partial charge in [-0.3, -0.25) is 4.99 Å². The average molecular weight is 231 g/mol. The summed E-state index contributed by atoms with van der Waals surface area (Å²) in [6, 6.07) is 6.61. The number of likely N-dealkylation sites (N-methyl/N-ethyl adjacent to an activating group) is 1. The maximum absolute atomic E-state index is 4.47. The average Bonchev–Trinajstić information content (AvgIpc) is 2.78. The number of rotatable bonds is 3. The molecule has 0 saturated carbocycles. The first-order valence-corrected chi connectivity index (χ1v) is 6.30. The highest BCUT2D eigenvalue weighted by Gasteiger charge is 2.13. The van der Waals surface area contributed by atoms with Gasteiger partial charge < -0.3 is 10.2 Å². The molecule has 0 aromatic heterocycles. The summed E-state index contributed by atoms with van der Waals surface area (Å²) in [5, 5.41) is 3.42. The molecular formula is C14H21N3. The van der Waals surface area contributed by atoms with Crippen LogP contribution in [0.5, 0.6) is 0 Å². The van der Waals surface area contributed by atoms with E-state index >= 15 is 0 Å². The molecule has 0 radical (unpaired) electrons. The quantitative estimate of drug-likeness (QED) is 0.862. The van der Waals surface area contributed by atoms with Crippen LogP contribution in [0.2, 0.25) is 0 Å². The van der Waals surface area contributed by atoms with E-state index in [0.717, 1.165) is 32.1 Å². The third-order valence-corrected chi connectivity index (χ3v) is 3.33. The summed E-state index contributed by atoms with van der Waals surface area (Å²) in [6.45, 7) is 10.3. The first kappa shape index (κ1) is 12.0. The third kappa shape index (κ3) is 2.78. The normalized spacial score (nSPS) is 15.0. The molecule has 1 aliphatic rings. The molecule has 0 aliphatic carbocycles. The summed E-state index contributed by atoms with van der Waals surface area (Å²) in [5.41, 5.74) is 4.02. The van der Waals surface area contributed by atoms with Gasteiger partial charge in [0.25, 0.3) is 0 Å². The van der Waals surface area contributed by atoms with Crippen molar-refractivity contribution in [1.82, 2.24) is 10.2 Å². The summed E-state index contributed by atoms with van der Waals surface area (Å²) in [7, 11) is 0. The molecule has 0 unspecified atom stereocenters. The monoisotopic (exact) mass is 231 g/mol. The Bertz CT molecular complexity index is 423. The first-order valence-electron chi connectivity index (χ1n) is 6.30. The molecule has 1 aromatic carbocycles. The number of nitrogens with one attached hydrogen (secondary N) is 1. The van der Waals surface area contributed by atoms with E-state index in [4.69, 9.17) is 0 Å². The van der Waals surface area contributed by atoms with Crippen molar-refractivity contribution in [3.05, 3.63) is 34.9 Å². The third-order valence-electron chi connectivity index (χ3n) is 3.33. The predicted octanol–water partition coefficient (Wildman–Crippen LogP) is 2.08. The van der Waals surface area contributed by atoms with Crippen LogP contribution in [-0.2, 0) is 6.54 Å². The number of hydrogen-bond donors (Lipinski definition) is 1. The van der Waals surface area contributed by atoms with Gasteiger partial charge in [0.05, 0.1) is 6.54 Å². The van der Waals surface area contributed by atoms with Crippen molar-refractivity contribution in [2.24, 2.45) is 4.99 Å². The second-order valence-corrected chi connectivity index (χ2v) is 4.56. The molecule has 0 saturated heterocycles. The van der Waals surface area contributed by atoms with E-state index in [1.165, 1.54) is 16.7 Å². The summed E-state index contributed by atoms with van der Waals surface area (Å²) in [6.07, 6.45) is 0. The van der Waals surface area contributed by atoms with Crippen LogP contribution in [0.1, 0.15) is 23.6 Å². The van der Waals surface area contributed by atoms with E-state index in [9.17, 15) is 0 Å². The Morgan fingerprint density at radius 2 is 2.12 bits per heavy atom. The highest BCUT2D eigenvalue weighted by atomic mass is 15.3. The van der Waals surface area contributed by atoms with Gasteiger partial charge in [0.15, 0.2) is 5.96 Å². The fourth-order valence-electron chi connectivity index (χ4n) is 2.05. The zero-order chi connectivity index (χ0) is 12.3. The largest absolute Gasteiger partial charge is 0.352 e. The van der Waals surface area contributed by atoms with Gasteiger partial charge >= 0.3 is 0 Å². The minimum absolute atomic E-state index is 0.858. The van der Waals surface area contributed by atoms with Crippen molar-refractivity contribution in [3.8, 4) is 0 Å². The highest BCUT2D eigenvalue weighted by Crippen LogP contribution is 2.10. The molecule has 0 amide bonds. The lowest BCUT2D eigenvalue weighted by Crippen LogP contribution is -2.37.